The lowest BCUT2D eigenvalue weighted by Crippen LogP contribution is -2.43. The van der Waals surface area contributed by atoms with Crippen LogP contribution in [0.25, 0.3) is 0 Å². The van der Waals surface area contributed by atoms with Gasteiger partial charge in [0.05, 0.1) is 16.3 Å². The first kappa shape index (κ1) is 16.3. The molecule has 0 N–H and O–H groups in total. The zero-order chi connectivity index (χ0) is 16.1. The summed E-state index contributed by atoms with van der Waals surface area (Å²) >= 11 is 11.9. The van der Waals surface area contributed by atoms with Crippen LogP contribution in [0.3, 0.4) is 0 Å². The van der Waals surface area contributed by atoms with Crippen LogP contribution in [0.1, 0.15) is 11.1 Å². The Bertz CT molecular complexity index is 665. The predicted molar refractivity (Wildman–Crippen MR) is 97.3 cm³/mol. The van der Waals surface area contributed by atoms with Crippen molar-refractivity contribution in [1.82, 2.24) is 9.91 Å². The Morgan fingerprint density at radius 3 is 2.35 bits per heavy atom. The van der Waals surface area contributed by atoms with Crippen LogP contribution in [0.4, 0.5) is 0 Å². The molecule has 2 aromatic carbocycles. The van der Waals surface area contributed by atoms with Gasteiger partial charge in [0.25, 0.3) is 0 Å². The van der Waals surface area contributed by atoms with Gasteiger partial charge in [-0.25, -0.2) is 0 Å². The highest BCUT2D eigenvalue weighted by Crippen LogP contribution is 2.21. The average Bonchev–Trinajstić information content (AvgIpc) is 2.58. The first-order valence-electron chi connectivity index (χ1n) is 7.71. The topological polar surface area (TPSA) is 18.8 Å². The Morgan fingerprint density at radius 2 is 1.65 bits per heavy atom. The van der Waals surface area contributed by atoms with Crippen LogP contribution >= 0.6 is 23.2 Å². The Balaban J connectivity index is 1.50. The van der Waals surface area contributed by atoms with Gasteiger partial charge >= 0.3 is 0 Å². The average molecular weight is 348 g/mol. The summed E-state index contributed by atoms with van der Waals surface area (Å²) in [5.74, 6) is 0. The Hall–Kier alpha value is -1.55. The van der Waals surface area contributed by atoms with Crippen LogP contribution < -0.4 is 0 Å². The number of halogens is 2. The van der Waals surface area contributed by atoms with E-state index in [1.807, 2.05) is 18.3 Å². The number of benzene rings is 2. The van der Waals surface area contributed by atoms with Crippen LogP contribution in [-0.4, -0.2) is 42.3 Å². The molecule has 1 saturated heterocycles. The van der Waals surface area contributed by atoms with Gasteiger partial charge in [-0.15, -0.1) is 0 Å². The van der Waals surface area contributed by atoms with Gasteiger partial charge < -0.3 is 0 Å². The zero-order valence-corrected chi connectivity index (χ0v) is 14.3. The maximum Gasteiger partial charge on any atom is 0.0598 e. The summed E-state index contributed by atoms with van der Waals surface area (Å²) in [6.07, 6.45) is 1.84. The normalized spacial score (nSPS) is 16.2. The zero-order valence-electron chi connectivity index (χ0n) is 12.8. The highest BCUT2D eigenvalue weighted by atomic mass is 35.5. The smallest absolute Gasteiger partial charge is 0.0598 e. The molecule has 1 aliphatic rings. The molecule has 0 aliphatic carbocycles. The third-order valence-corrected chi connectivity index (χ3v) is 4.65. The van der Waals surface area contributed by atoms with E-state index in [4.69, 9.17) is 23.2 Å². The van der Waals surface area contributed by atoms with Crippen molar-refractivity contribution < 1.29 is 0 Å². The van der Waals surface area contributed by atoms with Crippen molar-refractivity contribution in [1.29, 1.82) is 0 Å². The summed E-state index contributed by atoms with van der Waals surface area (Å²) in [4.78, 5) is 2.46. The lowest BCUT2D eigenvalue weighted by molar-refractivity contribution is 0.131. The van der Waals surface area contributed by atoms with Crippen molar-refractivity contribution in [3.05, 3.63) is 69.7 Å². The quantitative estimate of drug-likeness (QED) is 0.773. The summed E-state index contributed by atoms with van der Waals surface area (Å²) in [6.45, 7) is 4.92. The first-order chi connectivity index (χ1) is 11.2. The van der Waals surface area contributed by atoms with Gasteiger partial charge in [-0.1, -0.05) is 59.6 Å². The maximum atomic E-state index is 6.02. The molecule has 0 aromatic heterocycles. The van der Waals surface area contributed by atoms with Crippen LogP contribution in [0.15, 0.2) is 53.6 Å². The van der Waals surface area contributed by atoms with Crippen molar-refractivity contribution >= 4 is 29.4 Å². The standard InChI is InChI=1S/C18H19Cl2N3/c19-17-7-6-16(12-18(17)20)13-21-23-10-8-22(9-11-23)14-15-4-2-1-3-5-15/h1-7,12-13H,8-11,14H2/b21-13+. The molecule has 1 aliphatic heterocycles. The van der Waals surface area contributed by atoms with E-state index in [-0.39, 0.29) is 0 Å². The van der Waals surface area contributed by atoms with Gasteiger partial charge in [-0.05, 0) is 23.3 Å². The van der Waals surface area contributed by atoms with E-state index >= 15 is 0 Å². The highest BCUT2D eigenvalue weighted by Gasteiger charge is 2.15. The molecular weight excluding hydrogens is 329 g/mol. The number of hydrogen-bond acceptors (Lipinski definition) is 3. The molecule has 1 heterocycles. The molecule has 0 spiro atoms. The molecule has 0 bridgehead atoms. The van der Waals surface area contributed by atoms with E-state index in [2.05, 4.69) is 45.3 Å². The number of hydrogen-bond donors (Lipinski definition) is 0. The van der Waals surface area contributed by atoms with E-state index in [1.165, 1.54) is 5.56 Å². The van der Waals surface area contributed by atoms with Gasteiger partial charge in [0.1, 0.15) is 0 Å². The molecule has 3 rings (SSSR count). The molecule has 1 fully saturated rings. The van der Waals surface area contributed by atoms with E-state index < -0.39 is 0 Å². The molecule has 0 atom stereocenters. The molecule has 23 heavy (non-hydrogen) atoms. The fraction of sp³-hybridized carbons (Fsp3) is 0.278. The van der Waals surface area contributed by atoms with Crippen LogP contribution in [0, 0.1) is 0 Å². The molecule has 0 saturated carbocycles. The van der Waals surface area contributed by atoms with Gasteiger partial charge in [0.15, 0.2) is 0 Å². The maximum absolute atomic E-state index is 6.02. The first-order valence-corrected chi connectivity index (χ1v) is 8.46. The SMILES string of the molecule is Clc1ccc(/C=N/N2CCN(Cc3ccccc3)CC2)cc1Cl. The van der Waals surface area contributed by atoms with E-state index in [0.29, 0.717) is 10.0 Å². The number of rotatable bonds is 4. The minimum atomic E-state index is 0.559. The number of nitrogens with zero attached hydrogens (tertiary/aromatic N) is 3. The van der Waals surface area contributed by atoms with Crippen molar-refractivity contribution in [2.24, 2.45) is 5.10 Å². The summed E-state index contributed by atoms with van der Waals surface area (Å²) in [5, 5.41) is 7.77. The fourth-order valence-electron chi connectivity index (χ4n) is 2.59. The lowest BCUT2D eigenvalue weighted by Gasteiger charge is -2.33. The van der Waals surface area contributed by atoms with Crippen molar-refractivity contribution in [2.75, 3.05) is 26.2 Å². The molecule has 2 aromatic rings. The molecule has 0 radical (unpaired) electrons. The Labute approximate surface area is 147 Å². The second kappa shape index (κ2) is 7.82. The third kappa shape index (κ3) is 4.71. The van der Waals surface area contributed by atoms with E-state index in [1.54, 1.807) is 6.07 Å². The molecular formula is C18H19Cl2N3. The summed E-state index contributed by atoms with van der Waals surface area (Å²) in [7, 11) is 0. The van der Waals surface area contributed by atoms with E-state index in [9.17, 15) is 0 Å². The molecule has 3 nitrogen and oxygen atoms in total. The van der Waals surface area contributed by atoms with E-state index in [0.717, 1.165) is 38.3 Å². The lowest BCUT2D eigenvalue weighted by atomic mass is 10.2. The van der Waals surface area contributed by atoms with Crippen molar-refractivity contribution in [3.63, 3.8) is 0 Å². The van der Waals surface area contributed by atoms with Gasteiger partial charge in [-0.3, -0.25) is 9.91 Å². The minimum absolute atomic E-state index is 0.559. The Kier molecular flexibility index (Phi) is 5.55. The third-order valence-electron chi connectivity index (χ3n) is 3.91. The van der Waals surface area contributed by atoms with Gasteiger partial charge in [-0.2, -0.15) is 5.10 Å². The van der Waals surface area contributed by atoms with Crippen LogP contribution in [-0.2, 0) is 6.54 Å². The number of piperazine rings is 1. The largest absolute Gasteiger partial charge is 0.295 e. The number of hydrazone groups is 1. The molecule has 0 amide bonds. The van der Waals surface area contributed by atoms with Crippen molar-refractivity contribution in [3.8, 4) is 0 Å². The summed E-state index contributed by atoms with van der Waals surface area (Å²) in [5.41, 5.74) is 2.33. The monoisotopic (exact) mass is 347 g/mol. The molecule has 5 heteroatoms. The predicted octanol–water partition coefficient (Wildman–Crippen LogP) is 4.15. The minimum Gasteiger partial charge on any atom is -0.295 e. The van der Waals surface area contributed by atoms with Gasteiger partial charge in [0.2, 0.25) is 0 Å². The van der Waals surface area contributed by atoms with Crippen LogP contribution in [0.5, 0.6) is 0 Å². The molecule has 120 valence electrons. The highest BCUT2D eigenvalue weighted by molar-refractivity contribution is 6.42. The summed E-state index contributed by atoms with van der Waals surface area (Å²) < 4.78 is 0. The summed E-state index contributed by atoms with van der Waals surface area (Å²) in [6, 6.07) is 16.1. The fourth-order valence-corrected chi connectivity index (χ4v) is 2.90. The second-order valence-electron chi connectivity index (χ2n) is 5.63. The Morgan fingerprint density at radius 1 is 0.913 bits per heavy atom. The second-order valence-corrected chi connectivity index (χ2v) is 6.45. The van der Waals surface area contributed by atoms with Crippen molar-refractivity contribution in [2.45, 2.75) is 6.54 Å². The molecule has 0 unspecified atom stereocenters. The van der Waals surface area contributed by atoms with Crippen LogP contribution in [0.2, 0.25) is 10.0 Å². The van der Waals surface area contributed by atoms with Gasteiger partial charge in [0, 0.05) is 32.7 Å².